The first-order valence-corrected chi connectivity index (χ1v) is 7.32. The van der Waals surface area contributed by atoms with E-state index in [9.17, 15) is 17.8 Å². The number of nitrogens with two attached hydrogens (primary N) is 1. The highest BCUT2D eigenvalue weighted by atomic mass is 32.2. The molecule has 0 saturated carbocycles. The molecule has 0 amide bonds. The zero-order valence-electron chi connectivity index (χ0n) is 11.0. The van der Waals surface area contributed by atoms with Crippen molar-refractivity contribution >= 4 is 21.9 Å². The maximum absolute atomic E-state index is 11.6. The van der Waals surface area contributed by atoms with Gasteiger partial charge in [0.15, 0.2) is 0 Å². The number of nitrogen functional groups attached to an aromatic ring is 1. The minimum absolute atomic E-state index is 0.0613. The molecule has 1 aromatic carbocycles. The molecule has 9 heteroatoms. The Labute approximate surface area is 120 Å². The smallest absolute Gasteiger partial charge is 0.343 e. The Kier molecular flexibility index (Phi) is 3.96. The molecule has 0 fully saturated rings. The van der Waals surface area contributed by atoms with E-state index >= 15 is 0 Å². The zero-order valence-corrected chi connectivity index (χ0v) is 11.8. The van der Waals surface area contributed by atoms with Crippen LogP contribution >= 0.6 is 0 Å². The molecule has 1 aromatic heterocycles. The molecular formula is C12H12N3O5S-. The van der Waals surface area contributed by atoms with Crippen molar-refractivity contribution in [2.24, 2.45) is 0 Å². The maximum atomic E-state index is 11.6. The first kappa shape index (κ1) is 15.0. The number of rotatable bonds is 4. The maximum Gasteiger partial charge on any atom is 0.343 e. The second kappa shape index (κ2) is 5.54. The van der Waals surface area contributed by atoms with E-state index in [-0.39, 0.29) is 22.9 Å². The van der Waals surface area contributed by atoms with Crippen LogP contribution in [0, 0.1) is 0 Å². The third kappa shape index (κ3) is 3.03. The van der Waals surface area contributed by atoms with Crippen molar-refractivity contribution in [3.63, 3.8) is 0 Å². The highest BCUT2D eigenvalue weighted by molar-refractivity contribution is 7.85. The Morgan fingerprint density at radius 3 is 2.52 bits per heavy atom. The third-order valence-electron chi connectivity index (χ3n) is 2.67. The largest absolute Gasteiger partial charge is 0.744 e. The number of hydrogen-bond acceptors (Lipinski definition) is 7. The van der Waals surface area contributed by atoms with Gasteiger partial charge in [0.05, 0.1) is 23.4 Å². The number of ether oxygens (including phenoxy) is 1. The summed E-state index contributed by atoms with van der Waals surface area (Å²) in [7, 11) is -4.51. The normalized spacial score (nSPS) is 11.3. The molecule has 8 nitrogen and oxygen atoms in total. The molecular weight excluding hydrogens is 298 g/mol. The molecule has 2 aromatic rings. The van der Waals surface area contributed by atoms with Gasteiger partial charge in [0.1, 0.15) is 21.5 Å². The Morgan fingerprint density at radius 1 is 1.38 bits per heavy atom. The third-order valence-corrected chi connectivity index (χ3v) is 3.52. The van der Waals surface area contributed by atoms with Crippen molar-refractivity contribution in [1.82, 2.24) is 9.78 Å². The molecule has 0 radical (unpaired) electrons. The number of nitrogens with zero attached hydrogens (tertiary/aromatic N) is 2. The summed E-state index contributed by atoms with van der Waals surface area (Å²) in [5, 5.41) is 3.94. The van der Waals surface area contributed by atoms with E-state index in [1.54, 1.807) is 6.92 Å². The molecule has 0 spiro atoms. The van der Waals surface area contributed by atoms with E-state index < -0.39 is 16.1 Å². The van der Waals surface area contributed by atoms with Crippen molar-refractivity contribution in [1.29, 1.82) is 0 Å². The first-order valence-electron chi connectivity index (χ1n) is 5.91. The topological polar surface area (TPSA) is 127 Å². The molecule has 0 unspecified atom stereocenters. The van der Waals surface area contributed by atoms with Crippen molar-refractivity contribution < 1.29 is 22.5 Å². The predicted octanol–water partition coefficient (Wildman–Crippen LogP) is 0.535. The molecule has 0 saturated heterocycles. The molecule has 0 aliphatic rings. The van der Waals surface area contributed by atoms with E-state index in [1.165, 1.54) is 23.0 Å². The van der Waals surface area contributed by atoms with Crippen LogP contribution in [0.5, 0.6) is 0 Å². The van der Waals surface area contributed by atoms with Crippen molar-refractivity contribution in [3.05, 3.63) is 36.0 Å². The lowest BCUT2D eigenvalue weighted by Crippen LogP contribution is -2.09. The van der Waals surface area contributed by atoms with Crippen LogP contribution < -0.4 is 5.73 Å². The van der Waals surface area contributed by atoms with Gasteiger partial charge in [0.25, 0.3) is 0 Å². The zero-order chi connectivity index (χ0) is 15.6. The Bertz CT molecular complexity index is 765. The van der Waals surface area contributed by atoms with Gasteiger partial charge in [0, 0.05) is 0 Å². The van der Waals surface area contributed by atoms with E-state index in [1.807, 2.05) is 0 Å². The Hall–Kier alpha value is -2.39. The number of esters is 1. The van der Waals surface area contributed by atoms with Gasteiger partial charge in [-0.25, -0.2) is 17.9 Å². The van der Waals surface area contributed by atoms with Crippen LogP contribution in [0.3, 0.4) is 0 Å². The summed E-state index contributed by atoms with van der Waals surface area (Å²) >= 11 is 0. The van der Waals surface area contributed by atoms with Crippen LogP contribution in [0.25, 0.3) is 5.69 Å². The van der Waals surface area contributed by atoms with Crippen molar-refractivity contribution in [2.75, 3.05) is 12.3 Å². The van der Waals surface area contributed by atoms with Gasteiger partial charge in [-0.05, 0) is 31.2 Å². The number of carbonyl (C=O) groups excluding carboxylic acids is 1. The Morgan fingerprint density at radius 2 is 2.00 bits per heavy atom. The van der Waals surface area contributed by atoms with Crippen LogP contribution in [0.1, 0.15) is 17.3 Å². The number of carbonyl (C=O) groups is 1. The molecule has 0 atom stereocenters. The quantitative estimate of drug-likeness (QED) is 0.644. The molecule has 0 bridgehead atoms. The molecule has 0 aliphatic carbocycles. The summed E-state index contributed by atoms with van der Waals surface area (Å²) in [6, 6.07) is 5.01. The number of hydrogen-bond donors (Lipinski definition) is 1. The highest BCUT2D eigenvalue weighted by Gasteiger charge is 2.17. The molecule has 2 rings (SSSR count). The van der Waals surface area contributed by atoms with Gasteiger partial charge in [-0.15, -0.1) is 0 Å². The van der Waals surface area contributed by atoms with E-state index in [0.29, 0.717) is 5.69 Å². The fraction of sp³-hybridized carbons (Fsp3) is 0.167. The first-order chi connectivity index (χ1) is 9.84. The van der Waals surface area contributed by atoms with Gasteiger partial charge < -0.3 is 15.0 Å². The van der Waals surface area contributed by atoms with E-state index in [4.69, 9.17) is 10.5 Å². The summed E-state index contributed by atoms with van der Waals surface area (Å²) in [4.78, 5) is 11.3. The second-order valence-corrected chi connectivity index (χ2v) is 5.40. The summed E-state index contributed by atoms with van der Waals surface area (Å²) in [6.45, 7) is 1.88. The number of anilines is 1. The summed E-state index contributed by atoms with van der Waals surface area (Å²) in [5.41, 5.74) is 6.33. The van der Waals surface area contributed by atoms with Gasteiger partial charge in [0.2, 0.25) is 0 Å². The lowest BCUT2D eigenvalue weighted by Gasteiger charge is -2.09. The van der Waals surface area contributed by atoms with Crippen LogP contribution in [0.15, 0.2) is 35.4 Å². The average molecular weight is 310 g/mol. The van der Waals surface area contributed by atoms with Gasteiger partial charge in [-0.1, -0.05) is 0 Å². The predicted molar refractivity (Wildman–Crippen MR) is 71.9 cm³/mol. The molecule has 21 heavy (non-hydrogen) atoms. The monoisotopic (exact) mass is 310 g/mol. The molecule has 112 valence electrons. The summed E-state index contributed by atoms with van der Waals surface area (Å²) in [6.07, 6.45) is 1.26. The molecule has 1 heterocycles. The SMILES string of the molecule is CCOC(=O)c1cnn(-c2ccc(S(=O)(=O)[O-])cc2)c1N. The van der Waals surface area contributed by atoms with Crippen LogP contribution in [-0.4, -0.2) is 35.3 Å². The van der Waals surface area contributed by atoms with Crippen LogP contribution in [0.2, 0.25) is 0 Å². The fourth-order valence-corrected chi connectivity index (χ4v) is 2.15. The van der Waals surface area contributed by atoms with Gasteiger partial charge in [-0.3, -0.25) is 0 Å². The molecule has 0 aliphatic heterocycles. The minimum Gasteiger partial charge on any atom is -0.744 e. The standard InChI is InChI=1S/C12H13N3O5S/c1-2-20-12(16)10-7-14-15(11(10)13)8-3-5-9(6-4-8)21(17,18)19/h3-7H,2,13H2,1H3,(H,17,18,19)/p-1. The van der Waals surface area contributed by atoms with Crippen LogP contribution in [0.4, 0.5) is 5.82 Å². The fourth-order valence-electron chi connectivity index (χ4n) is 1.68. The highest BCUT2D eigenvalue weighted by Crippen LogP contribution is 2.19. The van der Waals surface area contributed by atoms with Crippen molar-refractivity contribution in [3.8, 4) is 5.69 Å². The number of benzene rings is 1. The van der Waals surface area contributed by atoms with E-state index in [0.717, 1.165) is 12.1 Å². The summed E-state index contributed by atoms with van der Waals surface area (Å²) < 4.78 is 38.6. The lowest BCUT2D eigenvalue weighted by molar-refractivity contribution is 0.0527. The van der Waals surface area contributed by atoms with Gasteiger partial charge >= 0.3 is 5.97 Å². The number of aromatic nitrogens is 2. The Balaban J connectivity index is 2.37. The van der Waals surface area contributed by atoms with Crippen LogP contribution in [-0.2, 0) is 14.9 Å². The molecule has 2 N–H and O–H groups in total. The van der Waals surface area contributed by atoms with E-state index in [2.05, 4.69) is 5.10 Å². The second-order valence-electron chi connectivity index (χ2n) is 4.02. The lowest BCUT2D eigenvalue weighted by atomic mass is 10.3. The minimum atomic E-state index is -4.51. The van der Waals surface area contributed by atoms with Gasteiger partial charge in [-0.2, -0.15) is 5.10 Å². The average Bonchev–Trinajstić information content (AvgIpc) is 2.80. The summed E-state index contributed by atoms with van der Waals surface area (Å²) in [5.74, 6) is -0.536. The van der Waals surface area contributed by atoms with Crippen molar-refractivity contribution in [2.45, 2.75) is 11.8 Å².